The van der Waals surface area contributed by atoms with Crippen LogP contribution in [0.5, 0.6) is 0 Å². The number of aliphatic imine (C=N–C) groups is 1. The fourth-order valence-corrected chi connectivity index (χ4v) is 0.687. The van der Waals surface area contributed by atoms with Crippen LogP contribution in [0, 0.1) is 5.92 Å². The number of hydrogen-bond acceptors (Lipinski definition) is 1. The highest BCUT2D eigenvalue weighted by Gasteiger charge is 2.32. The van der Waals surface area contributed by atoms with Gasteiger partial charge in [-0.3, -0.25) is 4.99 Å². The summed E-state index contributed by atoms with van der Waals surface area (Å²) in [6.07, 6.45) is -0.950. The predicted molar refractivity (Wildman–Crippen MR) is 48.0 cm³/mol. The SMILES string of the molecule is CCC(C)/C=C\C(=NC)C(F)(F)F. The molecule has 1 atom stereocenters. The Morgan fingerprint density at radius 3 is 2.31 bits per heavy atom. The zero-order valence-electron chi connectivity index (χ0n) is 8.02. The van der Waals surface area contributed by atoms with E-state index in [1.165, 1.54) is 6.08 Å². The average Bonchev–Trinajstić information content (AvgIpc) is 2.02. The van der Waals surface area contributed by atoms with E-state index >= 15 is 0 Å². The molecule has 13 heavy (non-hydrogen) atoms. The fraction of sp³-hybridized carbons (Fsp3) is 0.667. The minimum atomic E-state index is -4.33. The van der Waals surface area contributed by atoms with Gasteiger partial charge in [0, 0.05) is 7.05 Å². The fourth-order valence-electron chi connectivity index (χ4n) is 0.687. The zero-order chi connectivity index (χ0) is 10.5. The summed E-state index contributed by atoms with van der Waals surface area (Å²) in [5.41, 5.74) is -0.826. The largest absolute Gasteiger partial charge is 0.432 e. The molecule has 0 radical (unpaired) electrons. The first kappa shape index (κ1) is 12.2. The van der Waals surface area contributed by atoms with Crippen molar-refractivity contribution in [1.82, 2.24) is 0 Å². The van der Waals surface area contributed by atoms with E-state index in [9.17, 15) is 13.2 Å². The second-order valence-corrected chi connectivity index (χ2v) is 2.85. The normalized spacial score (nSPS) is 16.6. The second-order valence-electron chi connectivity index (χ2n) is 2.85. The van der Waals surface area contributed by atoms with Crippen LogP contribution >= 0.6 is 0 Å². The minimum Gasteiger partial charge on any atom is -0.284 e. The van der Waals surface area contributed by atoms with Crippen molar-refractivity contribution in [2.75, 3.05) is 7.05 Å². The molecule has 0 aromatic carbocycles. The molecule has 0 aliphatic rings. The van der Waals surface area contributed by atoms with Crippen molar-refractivity contribution in [3.05, 3.63) is 12.2 Å². The zero-order valence-corrected chi connectivity index (χ0v) is 8.02. The average molecular weight is 193 g/mol. The molecular weight excluding hydrogens is 179 g/mol. The first-order chi connectivity index (χ1) is 5.91. The molecule has 0 aromatic rings. The third-order valence-electron chi connectivity index (χ3n) is 1.76. The van der Waals surface area contributed by atoms with E-state index < -0.39 is 11.9 Å². The summed E-state index contributed by atoms with van der Waals surface area (Å²) in [6.45, 7) is 3.78. The second kappa shape index (κ2) is 5.04. The van der Waals surface area contributed by atoms with Crippen molar-refractivity contribution in [2.45, 2.75) is 26.4 Å². The van der Waals surface area contributed by atoms with E-state index in [0.717, 1.165) is 19.5 Å². The van der Waals surface area contributed by atoms with Gasteiger partial charge < -0.3 is 0 Å². The highest BCUT2D eigenvalue weighted by molar-refractivity contribution is 5.99. The Bertz CT molecular complexity index is 203. The molecule has 0 aliphatic carbocycles. The van der Waals surface area contributed by atoms with Gasteiger partial charge in [0.05, 0.1) is 0 Å². The molecule has 1 nitrogen and oxygen atoms in total. The summed E-state index contributed by atoms with van der Waals surface area (Å²) in [7, 11) is 1.14. The molecule has 0 fully saturated rings. The Morgan fingerprint density at radius 1 is 1.46 bits per heavy atom. The van der Waals surface area contributed by atoms with E-state index in [2.05, 4.69) is 4.99 Å². The highest BCUT2D eigenvalue weighted by atomic mass is 19.4. The van der Waals surface area contributed by atoms with Gasteiger partial charge in [-0.25, -0.2) is 0 Å². The maximum Gasteiger partial charge on any atom is 0.432 e. The lowest BCUT2D eigenvalue weighted by molar-refractivity contribution is -0.0577. The lowest BCUT2D eigenvalue weighted by Gasteiger charge is -2.06. The standard InChI is InChI=1S/C9H14F3N/c1-4-7(2)5-6-8(13-3)9(10,11)12/h5-7H,4H2,1-3H3/b6-5-,13-8?. The topological polar surface area (TPSA) is 12.4 Å². The van der Waals surface area contributed by atoms with Crippen LogP contribution in [-0.2, 0) is 0 Å². The van der Waals surface area contributed by atoms with Gasteiger partial charge in [0.1, 0.15) is 5.71 Å². The van der Waals surface area contributed by atoms with Gasteiger partial charge >= 0.3 is 6.18 Å². The number of halogens is 3. The molecular formula is C9H14F3N. The van der Waals surface area contributed by atoms with Gasteiger partial charge in [-0.2, -0.15) is 13.2 Å². The molecule has 1 unspecified atom stereocenters. The van der Waals surface area contributed by atoms with E-state index in [0.29, 0.717) is 0 Å². The molecule has 0 aliphatic heterocycles. The highest BCUT2D eigenvalue weighted by Crippen LogP contribution is 2.18. The summed E-state index contributed by atoms with van der Waals surface area (Å²) in [6, 6.07) is 0. The van der Waals surface area contributed by atoms with E-state index in [1.54, 1.807) is 0 Å². The molecule has 0 rings (SSSR count). The van der Waals surface area contributed by atoms with Gasteiger partial charge in [0.15, 0.2) is 0 Å². The molecule has 4 heteroatoms. The smallest absolute Gasteiger partial charge is 0.284 e. The first-order valence-electron chi connectivity index (χ1n) is 4.14. The third-order valence-corrected chi connectivity index (χ3v) is 1.76. The van der Waals surface area contributed by atoms with Crippen LogP contribution in [0.1, 0.15) is 20.3 Å². The Balaban J connectivity index is 4.41. The van der Waals surface area contributed by atoms with Crippen molar-refractivity contribution >= 4 is 5.71 Å². The summed E-state index contributed by atoms with van der Waals surface area (Å²) in [4.78, 5) is 3.17. The Kier molecular flexibility index (Phi) is 4.73. The van der Waals surface area contributed by atoms with Crippen molar-refractivity contribution in [3.8, 4) is 0 Å². The number of alkyl halides is 3. The first-order valence-corrected chi connectivity index (χ1v) is 4.14. The number of allylic oxidation sites excluding steroid dienone is 2. The Morgan fingerprint density at radius 2 is 2.00 bits per heavy atom. The van der Waals surface area contributed by atoms with Crippen molar-refractivity contribution in [3.63, 3.8) is 0 Å². The van der Waals surface area contributed by atoms with E-state index in [4.69, 9.17) is 0 Å². The number of hydrogen-bond donors (Lipinski definition) is 0. The molecule has 0 heterocycles. The lowest BCUT2D eigenvalue weighted by atomic mass is 10.1. The monoisotopic (exact) mass is 193 g/mol. The van der Waals surface area contributed by atoms with Crippen LogP contribution in [-0.4, -0.2) is 18.9 Å². The molecule has 0 spiro atoms. The molecule has 0 aromatic heterocycles. The molecule has 0 saturated carbocycles. The molecule has 76 valence electrons. The minimum absolute atomic E-state index is 0.152. The van der Waals surface area contributed by atoms with Gasteiger partial charge in [0.25, 0.3) is 0 Å². The van der Waals surface area contributed by atoms with Gasteiger partial charge in [0.2, 0.25) is 0 Å². The van der Waals surface area contributed by atoms with Crippen LogP contribution in [0.4, 0.5) is 13.2 Å². The van der Waals surface area contributed by atoms with Gasteiger partial charge in [-0.15, -0.1) is 0 Å². The van der Waals surface area contributed by atoms with E-state index in [1.807, 2.05) is 13.8 Å². The molecule has 0 N–H and O–H groups in total. The number of rotatable bonds is 3. The third kappa shape index (κ3) is 4.70. The summed E-state index contributed by atoms with van der Waals surface area (Å²) < 4.78 is 36.3. The van der Waals surface area contributed by atoms with Gasteiger partial charge in [-0.1, -0.05) is 26.3 Å². The predicted octanol–water partition coefficient (Wildman–Crippen LogP) is 3.22. The summed E-state index contributed by atoms with van der Waals surface area (Å²) in [5.74, 6) is 0.152. The van der Waals surface area contributed by atoms with Crippen LogP contribution in [0.2, 0.25) is 0 Å². The maximum absolute atomic E-state index is 12.1. The van der Waals surface area contributed by atoms with Gasteiger partial charge in [-0.05, 0) is 12.0 Å². The summed E-state index contributed by atoms with van der Waals surface area (Å²) in [5, 5.41) is 0. The summed E-state index contributed by atoms with van der Waals surface area (Å²) >= 11 is 0. The molecule has 0 amide bonds. The van der Waals surface area contributed by atoms with Crippen LogP contribution < -0.4 is 0 Å². The molecule has 0 saturated heterocycles. The quantitative estimate of drug-likeness (QED) is 0.610. The Hall–Kier alpha value is -0.800. The van der Waals surface area contributed by atoms with Crippen LogP contribution in [0.25, 0.3) is 0 Å². The molecule has 0 bridgehead atoms. The van der Waals surface area contributed by atoms with Crippen LogP contribution in [0.15, 0.2) is 17.1 Å². The van der Waals surface area contributed by atoms with Crippen molar-refractivity contribution in [2.24, 2.45) is 10.9 Å². The van der Waals surface area contributed by atoms with Crippen molar-refractivity contribution in [1.29, 1.82) is 0 Å². The number of nitrogens with zero attached hydrogens (tertiary/aromatic N) is 1. The van der Waals surface area contributed by atoms with Crippen LogP contribution in [0.3, 0.4) is 0 Å². The Labute approximate surface area is 76.4 Å². The lowest BCUT2D eigenvalue weighted by Crippen LogP contribution is -2.20. The van der Waals surface area contributed by atoms with E-state index in [-0.39, 0.29) is 5.92 Å². The van der Waals surface area contributed by atoms with Crippen molar-refractivity contribution < 1.29 is 13.2 Å². The maximum atomic E-state index is 12.1.